The van der Waals surface area contributed by atoms with Crippen molar-refractivity contribution in [2.75, 3.05) is 19.8 Å². The first-order valence-corrected chi connectivity index (χ1v) is 5.44. The zero-order valence-corrected chi connectivity index (χ0v) is 9.91. The molecule has 1 aromatic carbocycles. The second-order valence-corrected chi connectivity index (χ2v) is 3.73. The number of hydrogen-bond acceptors (Lipinski definition) is 3. The molecule has 1 aromatic rings. The number of hydrogen-bond donors (Lipinski definition) is 1. The molecule has 0 unspecified atom stereocenters. The predicted molar refractivity (Wildman–Crippen MR) is 59.4 cm³/mol. The number of benzene rings is 1. The Balaban J connectivity index is 2.36. The average molecular weight is 264 g/mol. The van der Waals surface area contributed by atoms with Gasteiger partial charge in [-0.1, -0.05) is 18.2 Å². The van der Waals surface area contributed by atoms with E-state index >= 15 is 0 Å². The number of ether oxygens (including phenoxy) is 2. The number of rotatable bonds is 6. The maximum Gasteiger partial charge on any atom is 0.411 e. The second kappa shape index (κ2) is 6.61. The molecule has 1 atom stereocenters. The Bertz CT molecular complexity index is 364. The van der Waals surface area contributed by atoms with Crippen LogP contribution < -0.4 is 4.74 Å². The van der Waals surface area contributed by atoms with Gasteiger partial charge in [-0.3, -0.25) is 0 Å². The summed E-state index contributed by atoms with van der Waals surface area (Å²) in [4.78, 5) is 0. The van der Waals surface area contributed by atoms with Crippen LogP contribution in [0.2, 0.25) is 0 Å². The number of aliphatic hydroxyl groups excluding tert-OH is 1. The van der Waals surface area contributed by atoms with Crippen molar-refractivity contribution in [3.05, 3.63) is 29.8 Å². The summed E-state index contributed by atoms with van der Waals surface area (Å²) in [6.45, 7) is 0.143. The smallest absolute Gasteiger partial charge is 0.411 e. The van der Waals surface area contributed by atoms with Crippen LogP contribution in [0.5, 0.6) is 5.75 Å². The number of aliphatic hydroxyl groups is 1. The molecule has 6 heteroatoms. The van der Waals surface area contributed by atoms with Gasteiger partial charge in [0.2, 0.25) is 0 Å². The van der Waals surface area contributed by atoms with Crippen molar-refractivity contribution in [3.63, 3.8) is 0 Å². The Labute approximate surface area is 103 Å². The zero-order chi connectivity index (χ0) is 13.6. The first-order chi connectivity index (χ1) is 8.40. The summed E-state index contributed by atoms with van der Waals surface area (Å²) in [7, 11) is 0. The molecule has 0 heterocycles. The summed E-state index contributed by atoms with van der Waals surface area (Å²) in [5, 5.41) is 9.45. The highest BCUT2D eigenvalue weighted by Crippen LogP contribution is 2.24. The van der Waals surface area contributed by atoms with Crippen LogP contribution in [0, 0.1) is 0 Å². The molecule has 0 aliphatic carbocycles. The Morgan fingerprint density at radius 2 is 1.89 bits per heavy atom. The summed E-state index contributed by atoms with van der Waals surface area (Å²) in [6, 6.07) is 6.80. The molecule has 0 aliphatic rings. The molecular weight excluding hydrogens is 249 g/mol. The van der Waals surface area contributed by atoms with Crippen LogP contribution in [0.4, 0.5) is 13.2 Å². The fraction of sp³-hybridized carbons (Fsp3) is 0.500. The van der Waals surface area contributed by atoms with Crippen LogP contribution >= 0.6 is 0 Å². The lowest BCUT2D eigenvalue weighted by molar-refractivity contribution is -0.175. The normalized spacial score (nSPS) is 13.4. The van der Waals surface area contributed by atoms with Crippen LogP contribution in [0.25, 0.3) is 0 Å². The molecule has 0 spiro atoms. The van der Waals surface area contributed by atoms with Crippen LogP contribution in [0.3, 0.4) is 0 Å². The van der Waals surface area contributed by atoms with Gasteiger partial charge in [0.1, 0.15) is 19.0 Å². The van der Waals surface area contributed by atoms with E-state index in [1.54, 1.807) is 31.2 Å². The van der Waals surface area contributed by atoms with Gasteiger partial charge >= 0.3 is 6.18 Å². The molecule has 0 radical (unpaired) electrons. The number of alkyl halides is 3. The zero-order valence-electron chi connectivity index (χ0n) is 9.91. The Morgan fingerprint density at radius 3 is 2.50 bits per heavy atom. The van der Waals surface area contributed by atoms with Crippen molar-refractivity contribution in [2.45, 2.75) is 19.2 Å². The Kier molecular flexibility index (Phi) is 5.43. The fourth-order valence-electron chi connectivity index (χ4n) is 1.36. The lowest BCUT2D eigenvalue weighted by Gasteiger charge is -2.13. The van der Waals surface area contributed by atoms with Crippen LogP contribution in [0.1, 0.15) is 18.6 Å². The molecule has 0 aliphatic heterocycles. The molecule has 0 saturated carbocycles. The Hall–Kier alpha value is -1.27. The van der Waals surface area contributed by atoms with Gasteiger partial charge in [-0.25, -0.2) is 0 Å². The maximum absolute atomic E-state index is 11.8. The molecule has 0 saturated heterocycles. The highest BCUT2D eigenvalue weighted by atomic mass is 19.4. The molecule has 102 valence electrons. The SMILES string of the molecule is C[C@@H](O)c1ccccc1OCCOCC(F)(F)F. The van der Waals surface area contributed by atoms with Gasteiger partial charge < -0.3 is 14.6 Å². The van der Waals surface area contributed by atoms with Crippen LogP contribution in [-0.4, -0.2) is 31.1 Å². The maximum atomic E-state index is 11.8. The summed E-state index contributed by atoms with van der Waals surface area (Å²) in [5.74, 6) is 0.447. The summed E-state index contributed by atoms with van der Waals surface area (Å²) >= 11 is 0. The fourth-order valence-corrected chi connectivity index (χ4v) is 1.36. The van der Waals surface area contributed by atoms with Crippen molar-refractivity contribution >= 4 is 0 Å². The molecule has 0 bridgehead atoms. The highest BCUT2D eigenvalue weighted by molar-refractivity contribution is 5.34. The third kappa shape index (κ3) is 5.37. The minimum atomic E-state index is -4.32. The highest BCUT2D eigenvalue weighted by Gasteiger charge is 2.27. The van der Waals surface area contributed by atoms with E-state index in [4.69, 9.17) is 4.74 Å². The number of para-hydroxylation sites is 1. The van der Waals surface area contributed by atoms with Gasteiger partial charge in [-0.2, -0.15) is 13.2 Å². The standard InChI is InChI=1S/C12H15F3O3/c1-9(16)10-4-2-3-5-11(10)18-7-6-17-8-12(13,14)15/h2-5,9,16H,6-8H2,1H3/t9-/m1/s1. The van der Waals surface area contributed by atoms with E-state index < -0.39 is 18.9 Å². The van der Waals surface area contributed by atoms with Crippen molar-refractivity contribution in [1.82, 2.24) is 0 Å². The van der Waals surface area contributed by atoms with Gasteiger partial charge in [0.25, 0.3) is 0 Å². The Morgan fingerprint density at radius 1 is 1.22 bits per heavy atom. The molecule has 0 aromatic heterocycles. The summed E-state index contributed by atoms with van der Waals surface area (Å²) in [5.41, 5.74) is 0.591. The van der Waals surface area contributed by atoms with Gasteiger partial charge in [-0.05, 0) is 13.0 Å². The average Bonchev–Trinajstić information content (AvgIpc) is 2.27. The molecule has 1 N–H and O–H groups in total. The van der Waals surface area contributed by atoms with E-state index in [2.05, 4.69) is 4.74 Å². The first-order valence-electron chi connectivity index (χ1n) is 5.44. The third-order valence-corrected chi connectivity index (χ3v) is 2.12. The summed E-state index contributed by atoms with van der Waals surface area (Å²) in [6.07, 6.45) is -5.02. The van der Waals surface area contributed by atoms with Gasteiger partial charge in [0.15, 0.2) is 0 Å². The van der Waals surface area contributed by atoms with E-state index in [9.17, 15) is 18.3 Å². The van der Waals surface area contributed by atoms with E-state index in [1.807, 2.05) is 0 Å². The molecule has 0 fully saturated rings. The van der Waals surface area contributed by atoms with Crippen LogP contribution in [0.15, 0.2) is 24.3 Å². The van der Waals surface area contributed by atoms with Crippen LogP contribution in [-0.2, 0) is 4.74 Å². The van der Waals surface area contributed by atoms with E-state index in [0.29, 0.717) is 11.3 Å². The molecule has 0 amide bonds. The van der Waals surface area contributed by atoms with Gasteiger partial charge in [0.05, 0.1) is 12.7 Å². The molecular formula is C12H15F3O3. The lowest BCUT2D eigenvalue weighted by atomic mass is 10.1. The second-order valence-electron chi connectivity index (χ2n) is 3.73. The molecule has 1 rings (SSSR count). The quantitative estimate of drug-likeness (QED) is 0.803. The van der Waals surface area contributed by atoms with Crippen molar-refractivity contribution in [3.8, 4) is 5.75 Å². The van der Waals surface area contributed by atoms with Gasteiger partial charge in [-0.15, -0.1) is 0 Å². The lowest BCUT2D eigenvalue weighted by Crippen LogP contribution is -2.19. The van der Waals surface area contributed by atoms with Crippen molar-refractivity contribution in [2.24, 2.45) is 0 Å². The van der Waals surface area contributed by atoms with E-state index in [1.165, 1.54) is 0 Å². The van der Waals surface area contributed by atoms with Crippen molar-refractivity contribution in [1.29, 1.82) is 0 Å². The van der Waals surface area contributed by atoms with Gasteiger partial charge in [0, 0.05) is 5.56 Å². The third-order valence-electron chi connectivity index (χ3n) is 2.12. The topological polar surface area (TPSA) is 38.7 Å². The summed E-state index contributed by atoms with van der Waals surface area (Å²) < 4.78 is 45.0. The first kappa shape index (κ1) is 14.8. The predicted octanol–water partition coefficient (Wildman–Crippen LogP) is 2.70. The minimum absolute atomic E-state index is 0.000185. The van der Waals surface area contributed by atoms with E-state index in [0.717, 1.165) is 0 Å². The molecule has 18 heavy (non-hydrogen) atoms. The largest absolute Gasteiger partial charge is 0.491 e. The molecule has 3 nitrogen and oxygen atoms in total. The van der Waals surface area contributed by atoms with E-state index in [-0.39, 0.29) is 13.2 Å². The van der Waals surface area contributed by atoms with Crippen molar-refractivity contribution < 1.29 is 27.8 Å². The minimum Gasteiger partial charge on any atom is -0.491 e. The monoisotopic (exact) mass is 264 g/mol. The number of halogens is 3.